The topological polar surface area (TPSA) is 63.4 Å². The molecule has 0 spiro atoms. The molecule has 2 atom stereocenters. The van der Waals surface area contributed by atoms with Gasteiger partial charge in [0, 0.05) is 36.4 Å². The number of nitrogens with zero attached hydrogens (tertiary/aromatic N) is 1. The van der Waals surface area contributed by atoms with Crippen molar-refractivity contribution < 1.29 is 8.42 Å². The van der Waals surface area contributed by atoms with E-state index in [9.17, 15) is 8.42 Å². The molecular weight excluding hydrogens is 268 g/mol. The Hall–Kier alpha value is 0.220. The van der Waals surface area contributed by atoms with Gasteiger partial charge in [-0.05, 0) is 6.42 Å². The second-order valence-electron chi connectivity index (χ2n) is 4.88. The zero-order valence-corrected chi connectivity index (χ0v) is 13.1. The highest BCUT2D eigenvalue weighted by molar-refractivity contribution is 8.01. The van der Waals surface area contributed by atoms with Crippen LogP contribution in [-0.4, -0.2) is 55.1 Å². The summed E-state index contributed by atoms with van der Waals surface area (Å²) in [6, 6.07) is 0.0996. The van der Waals surface area contributed by atoms with E-state index in [2.05, 4.69) is 11.8 Å². The van der Waals surface area contributed by atoms with E-state index < -0.39 is 9.84 Å². The third kappa shape index (κ3) is 4.72. The van der Waals surface area contributed by atoms with Gasteiger partial charge in [0.1, 0.15) is 5.37 Å². The maximum absolute atomic E-state index is 12.1. The molecule has 0 bridgehead atoms. The van der Waals surface area contributed by atoms with E-state index in [1.807, 2.05) is 0 Å². The van der Waals surface area contributed by atoms with E-state index in [0.29, 0.717) is 12.3 Å². The second kappa shape index (κ2) is 7.72. The van der Waals surface area contributed by atoms with Crippen molar-refractivity contribution in [3.05, 3.63) is 0 Å². The van der Waals surface area contributed by atoms with Crippen LogP contribution in [0.3, 0.4) is 0 Å². The molecule has 1 rings (SSSR count). The zero-order valence-electron chi connectivity index (χ0n) is 11.5. The molecule has 0 aliphatic carbocycles. The van der Waals surface area contributed by atoms with Gasteiger partial charge in [0.05, 0.1) is 0 Å². The van der Waals surface area contributed by atoms with E-state index in [4.69, 9.17) is 5.73 Å². The van der Waals surface area contributed by atoms with Crippen LogP contribution in [0.5, 0.6) is 0 Å². The van der Waals surface area contributed by atoms with Crippen molar-refractivity contribution in [2.24, 2.45) is 5.73 Å². The Kier molecular flexibility index (Phi) is 6.98. The highest BCUT2D eigenvalue weighted by atomic mass is 32.2. The van der Waals surface area contributed by atoms with Crippen molar-refractivity contribution in [3.63, 3.8) is 0 Å². The Balaban J connectivity index is 2.60. The highest BCUT2D eigenvalue weighted by Crippen LogP contribution is 2.21. The fraction of sp³-hybridized carbons (Fsp3) is 1.00. The summed E-state index contributed by atoms with van der Waals surface area (Å²) >= 11 is 1.73. The number of hydrogen-bond donors (Lipinski definition) is 1. The molecule has 0 aromatic carbocycles. The van der Waals surface area contributed by atoms with Gasteiger partial charge in [0.15, 0.2) is 9.84 Å². The Morgan fingerprint density at radius 3 is 2.78 bits per heavy atom. The molecule has 0 amide bonds. The van der Waals surface area contributed by atoms with Crippen molar-refractivity contribution in [3.8, 4) is 0 Å². The minimum absolute atomic E-state index is 0.0996. The van der Waals surface area contributed by atoms with Crippen molar-refractivity contribution in [1.29, 1.82) is 0 Å². The predicted octanol–water partition coefficient (Wildman–Crippen LogP) is 1.31. The Labute approximate surface area is 116 Å². The van der Waals surface area contributed by atoms with Gasteiger partial charge >= 0.3 is 0 Å². The van der Waals surface area contributed by atoms with Gasteiger partial charge in [0.2, 0.25) is 0 Å². The quantitative estimate of drug-likeness (QED) is 0.767. The van der Waals surface area contributed by atoms with E-state index in [1.165, 1.54) is 0 Å². The first-order chi connectivity index (χ1) is 8.51. The molecule has 0 radical (unpaired) electrons. The number of hydrogen-bond acceptors (Lipinski definition) is 5. The molecule has 1 heterocycles. The number of thioether (sulfide) groups is 1. The standard InChI is InChI=1S/C12H26N2O2S2/c1-3-5-6-11(13)9-14-7-8-17-10-12(14)18(15,16)4-2/h11-12H,3-10,13H2,1-2H3. The predicted molar refractivity (Wildman–Crippen MR) is 79.6 cm³/mol. The summed E-state index contributed by atoms with van der Waals surface area (Å²) in [6.45, 7) is 5.43. The summed E-state index contributed by atoms with van der Waals surface area (Å²) < 4.78 is 24.1. The summed E-state index contributed by atoms with van der Waals surface area (Å²) in [7, 11) is -2.99. The fourth-order valence-corrected chi connectivity index (χ4v) is 5.30. The average molecular weight is 294 g/mol. The molecular formula is C12H26N2O2S2. The molecule has 6 heteroatoms. The molecule has 1 aliphatic heterocycles. The first-order valence-electron chi connectivity index (χ1n) is 6.80. The Bertz CT molecular complexity index is 333. The second-order valence-corrected chi connectivity index (χ2v) is 8.48. The summed E-state index contributed by atoms with van der Waals surface area (Å²) in [5.74, 6) is 1.92. The van der Waals surface area contributed by atoms with Crippen LogP contribution >= 0.6 is 11.8 Å². The number of sulfone groups is 1. The molecule has 2 N–H and O–H groups in total. The third-order valence-corrected chi connectivity index (χ3v) is 6.74. The maximum atomic E-state index is 12.1. The van der Waals surface area contributed by atoms with Gasteiger partial charge in [0.25, 0.3) is 0 Å². The van der Waals surface area contributed by atoms with Crippen LogP contribution in [0, 0.1) is 0 Å². The SMILES string of the molecule is CCCCC(N)CN1CCSCC1S(=O)(=O)CC. The van der Waals surface area contributed by atoms with E-state index in [1.54, 1.807) is 18.7 Å². The van der Waals surface area contributed by atoms with Crippen molar-refractivity contribution in [1.82, 2.24) is 4.90 Å². The van der Waals surface area contributed by atoms with Crippen molar-refractivity contribution >= 4 is 21.6 Å². The molecule has 108 valence electrons. The normalized spacial score (nSPS) is 24.1. The lowest BCUT2D eigenvalue weighted by atomic mass is 10.1. The lowest BCUT2D eigenvalue weighted by Gasteiger charge is -2.36. The van der Waals surface area contributed by atoms with Gasteiger partial charge in [-0.25, -0.2) is 8.42 Å². The molecule has 2 unspecified atom stereocenters. The number of rotatable bonds is 7. The summed E-state index contributed by atoms with van der Waals surface area (Å²) in [5.41, 5.74) is 6.09. The minimum atomic E-state index is -2.99. The van der Waals surface area contributed by atoms with Gasteiger partial charge in [-0.15, -0.1) is 0 Å². The summed E-state index contributed by atoms with van der Waals surface area (Å²) in [6.07, 6.45) is 3.24. The van der Waals surface area contributed by atoms with Crippen LogP contribution in [0.4, 0.5) is 0 Å². The highest BCUT2D eigenvalue weighted by Gasteiger charge is 2.33. The minimum Gasteiger partial charge on any atom is -0.327 e. The molecule has 0 aromatic rings. The molecule has 0 aromatic heterocycles. The van der Waals surface area contributed by atoms with Crippen LogP contribution in [-0.2, 0) is 9.84 Å². The average Bonchev–Trinajstić information content (AvgIpc) is 2.37. The summed E-state index contributed by atoms with van der Waals surface area (Å²) in [5, 5.41) is -0.325. The molecule has 0 saturated carbocycles. The van der Waals surface area contributed by atoms with Crippen LogP contribution in [0.1, 0.15) is 33.1 Å². The summed E-state index contributed by atoms with van der Waals surface area (Å²) in [4.78, 5) is 2.08. The number of unbranched alkanes of at least 4 members (excludes halogenated alkanes) is 1. The molecule has 4 nitrogen and oxygen atoms in total. The largest absolute Gasteiger partial charge is 0.327 e. The van der Waals surface area contributed by atoms with Crippen LogP contribution < -0.4 is 5.73 Å². The van der Waals surface area contributed by atoms with Crippen molar-refractivity contribution in [2.45, 2.75) is 44.5 Å². The molecule has 18 heavy (non-hydrogen) atoms. The van der Waals surface area contributed by atoms with Crippen LogP contribution in [0.25, 0.3) is 0 Å². The van der Waals surface area contributed by atoms with E-state index in [-0.39, 0.29) is 17.2 Å². The smallest absolute Gasteiger partial charge is 0.166 e. The molecule has 1 fully saturated rings. The molecule has 1 saturated heterocycles. The van der Waals surface area contributed by atoms with Crippen LogP contribution in [0.15, 0.2) is 0 Å². The van der Waals surface area contributed by atoms with E-state index >= 15 is 0 Å². The maximum Gasteiger partial charge on any atom is 0.166 e. The third-order valence-electron chi connectivity index (χ3n) is 3.40. The van der Waals surface area contributed by atoms with Gasteiger partial charge < -0.3 is 5.73 Å². The van der Waals surface area contributed by atoms with Gasteiger partial charge in [-0.2, -0.15) is 11.8 Å². The van der Waals surface area contributed by atoms with Crippen molar-refractivity contribution in [2.75, 3.05) is 30.3 Å². The lowest BCUT2D eigenvalue weighted by Crippen LogP contribution is -2.51. The Morgan fingerprint density at radius 2 is 2.17 bits per heavy atom. The Morgan fingerprint density at radius 1 is 1.44 bits per heavy atom. The lowest BCUT2D eigenvalue weighted by molar-refractivity contribution is 0.248. The first-order valence-corrected chi connectivity index (χ1v) is 9.67. The van der Waals surface area contributed by atoms with Gasteiger partial charge in [-0.3, -0.25) is 4.90 Å². The monoisotopic (exact) mass is 294 g/mol. The van der Waals surface area contributed by atoms with Gasteiger partial charge in [-0.1, -0.05) is 26.7 Å². The zero-order chi connectivity index (χ0) is 13.6. The number of nitrogens with two attached hydrogens (primary N) is 1. The fourth-order valence-electron chi connectivity index (χ4n) is 2.21. The van der Waals surface area contributed by atoms with E-state index in [0.717, 1.165) is 31.6 Å². The van der Waals surface area contributed by atoms with Crippen LogP contribution in [0.2, 0.25) is 0 Å². The first kappa shape index (κ1) is 16.3. The molecule has 1 aliphatic rings.